The number of likely N-dealkylation sites (N-methyl/N-ethyl adjacent to an activating group) is 1. The average molecular weight is 177 g/mol. The third-order valence-corrected chi connectivity index (χ3v) is 2.30. The number of hydrogen-bond donors (Lipinski definition) is 1. The van der Waals surface area contributed by atoms with Crippen LogP contribution in [0.2, 0.25) is 0 Å². The number of benzene rings is 1. The van der Waals surface area contributed by atoms with E-state index in [9.17, 15) is 0 Å². The molecule has 0 radical (unpaired) electrons. The van der Waals surface area contributed by atoms with Gasteiger partial charge in [0, 0.05) is 13.1 Å². The van der Waals surface area contributed by atoms with Crippen LogP contribution in [0.5, 0.6) is 0 Å². The highest BCUT2D eigenvalue weighted by Crippen LogP contribution is 2.11. The summed E-state index contributed by atoms with van der Waals surface area (Å²) in [5.41, 5.74) is 4.59. The van der Waals surface area contributed by atoms with Gasteiger partial charge in [-0.2, -0.15) is 0 Å². The van der Waals surface area contributed by atoms with Gasteiger partial charge in [0.25, 0.3) is 0 Å². The zero-order chi connectivity index (χ0) is 9.10. The first-order chi connectivity index (χ1) is 6.36. The Morgan fingerprint density at radius 3 is 2.54 bits per heavy atom. The summed E-state index contributed by atoms with van der Waals surface area (Å²) in [6, 6.07) is 10.4. The maximum atomic E-state index is 3.34. The van der Waals surface area contributed by atoms with Gasteiger partial charge < -0.3 is 5.01 Å². The summed E-state index contributed by atoms with van der Waals surface area (Å²) in [6.45, 7) is 3.08. The first-order valence-corrected chi connectivity index (χ1v) is 4.61. The summed E-state index contributed by atoms with van der Waals surface area (Å²) in [6.07, 6.45) is 0. The van der Waals surface area contributed by atoms with Crippen LogP contribution in [0.4, 0.5) is 5.69 Å². The Hall–Kier alpha value is -1.06. The zero-order valence-electron chi connectivity index (χ0n) is 7.90. The van der Waals surface area contributed by atoms with E-state index in [1.54, 1.807) is 0 Å². The molecule has 0 aliphatic carbocycles. The first-order valence-electron chi connectivity index (χ1n) is 4.61. The van der Waals surface area contributed by atoms with E-state index in [0.717, 1.165) is 19.8 Å². The van der Waals surface area contributed by atoms with Gasteiger partial charge in [0.1, 0.15) is 0 Å². The van der Waals surface area contributed by atoms with E-state index < -0.39 is 0 Å². The van der Waals surface area contributed by atoms with Crippen LogP contribution in [-0.2, 0) is 0 Å². The van der Waals surface area contributed by atoms with Crippen molar-refractivity contribution in [1.29, 1.82) is 0 Å². The van der Waals surface area contributed by atoms with Crippen LogP contribution in [0, 0.1) is 0 Å². The molecule has 0 unspecified atom stereocenters. The Labute approximate surface area is 78.9 Å². The van der Waals surface area contributed by atoms with Crippen LogP contribution in [0.25, 0.3) is 0 Å². The third kappa shape index (κ3) is 1.99. The Morgan fingerprint density at radius 2 is 1.92 bits per heavy atom. The number of para-hydroxylation sites is 1. The molecule has 0 amide bonds. The largest absolute Gasteiger partial charge is 0.306 e. The molecule has 1 saturated heterocycles. The Kier molecular flexibility index (Phi) is 2.47. The van der Waals surface area contributed by atoms with Crippen molar-refractivity contribution < 1.29 is 0 Å². The van der Waals surface area contributed by atoms with Crippen LogP contribution in [-0.4, -0.2) is 31.7 Å². The van der Waals surface area contributed by atoms with Crippen LogP contribution in [0.3, 0.4) is 0 Å². The molecule has 1 aliphatic heterocycles. The fraction of sp³-hybridized carbons (Fsp3) is 0.400. The second-order valence-electron chi connectivity index (χ2n) is 3.38. The molecule has 13 heavy (non-hydrogen) atoms. The van der Waals surface area contributed by atoms with E-state index in [-0.39, 0.29) is 0 Å². The van der Waals surface area contributed by atoms with Crippen molar-refractivity contribution in [2.24, 2.45) is 0 Å². The highest BCUT2D eigenvalue weighted by atomic mass is 15.6. The SMILES string of the molecule is CN1CCN(c2ccccc2)NC1. The van der Waals surface area contributed by atoms with Gasteiger partial charge in [-0.1, -0.05) is 18.2 Å². The zero-order valence-corrected chi connectivity index (χ0v) is 7.90. The monoisotopic (exact) mass is 177 g/mol. The number of hydrazine groups is 1. The number of anilines is 1. The van der Waals surface area contributed by atoms with Gasteiger partial charge in [-0.15, -0.1) is 0 Å². The number of nitrogens with zero attached hydrogens (tertiary/aromatic N) is 2. The summed E-state index contributed by atoms with van der Waals surface area (Å²) in [5.74, 6) is 0. The molecular formula is C10H15N3. The van der Waals surface area contributed by atoms with Gasteiger partial charge in [-0.25, -0.2) is 5.43 Å². The fourth-order valence-electron chi connectivity index (χ4n) is 1.46. The lowest BCUT2D eigenvalue weighted by molar-refractivity contribution is 0.263. The summed E-state index contributed by atoms with van der Waals surface area (Å²) < 4.78 is 0. The normalized spacial score (nSPS) is 19.0. The predicted octanol–water partition coefficient (Wildman–Crippen LogP) is 0.901. The number of nitrogens with one attached hydrogen (secondary N) is 1. The van der Waals surface area contributed by atoms with Gasteiger partial charge in [0.05, 0.1) is 12.4 Å². The topological polar surface area (TPSA) is 18.5 Å². The molecule has 1 N–H and O–H groups in total. The van der Waals surface area contributed by atoms with Crippen LogP contribution >= 0.6 is 0 Å². The van der Waals surface area contributed by atoms with E-state index in [4.69, 9.17) is 0 Å². The number of hydrogen-bond acceptors (Lipinski definition) is 3. The quantitative estimate of drug-likeness (QED) is 0.687. The van der Waals surface area contributed by atoms with Crippen molar-refractivity contribution in [1.82, 2.24) is 10.3 Å². The molecular weight excluding hydrogens is 162 g/mol. The van der Waals surface area contributed by atoms with E-state index in [1.165, 1.54) is 5.69 Å². The van der Waals surface area contributed by atoms with Crippen molar-refractivity contribution >= 4 is 5.69 Å². The third-order valence-electron chi connectivity index (χ3n) is 2.30. The standard InChI is InChI=1S/C10H15N3/c1-12-7-8-13(11-9-12)10-5-3-2-4-6-10/h2-6,11H,7-9H2,1H3. The maximum Gasteiger partial charge on any atom is 0.0663 e. The minimum absolute atomic E-state index is 0.925. The second kappa shape index (κ2) is 3.77. The summed E-state index contributed by atoms with van der Waals surface area (Å²) in [7, 11) is 2.12. The molecule has 2 rings (SSSR count). The molecule has 70 valence electrons. The molecule has 0 bridgehead atoms. The summed E-state index contributed by atoms with van der Waals surface area (Å²) in [5, 5.41) is 2.19. The molecule has 0 aromatic heterocycles. The van der Waals surface area contributed by atoms with Crippen LogP contribution in [0.1, 0.15) is 0 Å². The van der Waals surface area contributed by atoms with Gasteiger partial charge in [-0.05, 0) is 19.2 Å². The smallest absolute Gasteiger partial charge is 0.0663 e. The van der Waals surface area contributed by atoms with Gasteiger partial charge in [-0.3, -0.25) is 4.90 Å². The Balaban J connectivity index is 2.03. The van der Waals surface area contributed by atoms with Crippen molar-refractivity contribution in [3.63, 3.8) is 0 Å². The van der Waals surface area contributed by atoms with E-state index >= 15 is 0 Å². The molecule has 1 aromatic carbocycles. The lowest BCUT2D eigenvalue weighted by Crippen LogP contribution is -2.53. The van der Waals surface area contributed by atoms with Crippen molar-refractivity contribution in [3.8, 4) is 0 Å². The van der Waals surface area contributed by atoms with E-state index in [1.807, 2.05) is 6.07 Å². The lowest BCUT2D eigenvalue weighted by atomic mass is 10.3. The van der Waals surface area contributed by atoms with E-state index in [0.29, 0.717) is 0 Å². The highest BCUT2D eigenvalue weighted by Gasteiger charge is 2.12. The van der Waals surface area contributed by atoms with Gasteiger partial charge in [0.2, 0.25) is 0 Å². The first kappa shape index (κ1) is 8.53. The van der Waals surface area contributed by atoms with E-state index in [2.05, 4.69) is 46.6 Å². The van der Waals surface area contributed by atoms with Gasteiger partial charge >= 0.3 is 0 Å². The summed E-state index contributed by atoms with van der Waals surface area (Å²) in [4.78, 5) is 2.26. The maximum absolute atomic E-state index is 3.34. The average Bonchev–Trinajstić information content (AvgIpc) is 2.20. The minimum atomic E-state index is 0.925. The molecule has 0 spiro atoms. The fourth-order valence-corrected chi connectivity index (χ4v) is 1.46. The molecule has 1 aromatic rings. The molecule has 1 fully saturated rings. The Bertz CT molecular complexity index is 252. The van der Waals surface area contributed by atoms with Crippen molar-refractivity contribution in [3.05, 3.63) is 30.3 Å². The Morgan fingerprint density at radius 1 is 1.15 bits per heavy atom. The van der Waals surface area contributed by atoms with Crippen molar-refractivity contribution in [2.45, 2.75) is 0 Å². The molecule has 1 aliphatic rings. The van der Waals surface area contributed by atoms with Crippen LogP contribution in [0.15, 0.2) is 30.3 Å². The molecule has 0 saturated carbocycles. The summed E-state index contributed by atoms with van der Waals surface area (Å²) >= 11 is 0. The van der Waals surface area contributed by atoms with Crippen molar-refractivity contribution in [2.75, 3.05) is 31.8 Å². The van der Waals surface area contributed by atoms with Gasteiger partial charge in [0.15, 0.2) is 0 Å². The highest BCUT2D eigenvalue weighted by molar-refractivity contribution is 5.44. The number of rotatable bonds is 1. The minimum Gasteiger partial charge on any atom is -0.306 e. The van der Waals surface area contributed by atoms with Crippen LogP contribution < -0.4 is 10.4 Å². The second-order valence-corrected chi connectivity index (χ2v) is 3.38. The molecule has 3 heteroatoms. The predicted molar refractivity (Wildman–Crippen MR) is 54.4 cm³/mol. The molecule has 0 atom stereocenters. The molecule has 3 nitrogen and oxygen atoms in total. The molecule has 1 heterocycles. The lowest BCUT2D eigenvalue weighted by Gasteiger charge is -2.34.